The van der Waals surface area contributed by atoms with Crippen molar-refractivity contribution in [3.63, 3.8) is 0 Å². The van der Waals surface area contributed by atoms with E-state index in [4.69, 9.17) is 17.0 Å². The molecule has 1 aromatic heterocycles. The molecule has 0 fully saturated rings. The molecular weight excluding hydrogens is 276 g/mol. The van der Waals surface area contributed by atoms with Gasteiger partial charge in [-0.15, -0.1) is 0 Å². The van der Waals surface area contributed by atoms with Crippen molar-refractivity contribution in [3.05, 3.63) is 46.0 Å². The fraction of sp³-hybridized carbons (Fsp3) is 0.231. The van der Waals surface area contributed by atoms with Gasteiger partial charge in [-0.2, -0.15) is 14.9 Å². The average Bonchev–Trinajstić information content (AvgIpc) is 2.77. The highest BCUT2D eigenvalue weighted by atomic mass is 32.1. The van der Waals surface area contributed by atoms with Crippen LogP contribution in [-0.2, 0) is 4.74 Å². The van der Waals surface area contributed by atoms with E-state index in [-0.39, 0.29) is 5.97 Å². The quantitative estimate of drug-likeness (QED) is 0.533. The molecule has 104 valence electrons. The SMILES string of the molecule is CCOC(=O)c1ccc(/C=N\n2c(C)n[nH]c2=S)cc1. The minimum Gasteiger partial charge on any atom is -0.462 e. The van der Waals surface area contributed by atoms with E-state index in [9.17, 15) is 4.79 Å². The van der Waals surface area contributed by atoms with Crippen molar-refractivity contribution in [2.75, 3.05) is 6.61 Å². The molecule has 1 N–H and O–H groups in total. The van der Waals surface area contributed by atoms with Gasteiger partial charge in [0.25, 0.3) is 0 Å². The summed E-state index contributed by atoms with van der Waals surface area (Å²) < 4.78 is 6.87. The monoisotopic (exact) mass is 290 g/mol. The lowest BCUT2D eigenvalue weighted by molar-refractivity contribution is 0.0526. The van der Waals surface area contributed by atoms with Crippen molar-refractivity contribution < 1.29 is 9.53 Å². The van der Waals surface area contributed by atoms with Crippen molar-refractivity contribution >= 4 is 24.4 Å². The number of hydrogen-bond acceptors (Lipinski definition) is 5. The first-order valence-electron chi connectivity index (χ1n) is 6.07. The van der Waals surface area contributed by atoms with Crippen molar-refractivity contribution in [1.29, 1.82) is 0 Å². The van der Waals surface area contributed by atoms with Gasteiger partial charge in [-0.3, -0.25) is 5.10 Å². The van der Waals surface area contributed by atoms with Gasteiger partial charge in [0.1, 0.15) is 5.82 Å². The average molecular weight is 290 g/mol. The number of nitrogens with zero attached hydrogens (tertiary/aromatic N) is 3. The summed E-state index contributed by atoms with van der Waals surface area (Å²) >= 11 is 5.04. The fourth-order valence-electron chi connectivity index (χ4n) is 1.55. The van der Waals surface area contributed by atoms with Gasteiger partial charge in [-0.25, -0.2) is 4.79 Å². The number of rotatable bonds is 4. The van der Waals surface area contributed by atoms with E-state index in [1.807, 2.05) is 0 Å². The van der Waals surface area contributed by atoms with Crippen LogP contribution < -0.4 is 0 Å². The number of aryl methyl sites for hydroxylation is 1. The lowest BCUT2D eigenvalue weighted by Gasteiger charge is -2.01. The molecule has 0 saturated carbocycles. The van der Waals surface area contributed by atoms with Crippen LogP contribution in [0.1, 0.15) is 28.7 Å². The van der Waals surface area contributed by atoms with Gasteiger partial charge >= 0.3 is 5.97 Å². The number of carbonyl (C=O) groups is 1. The van der Waals surface area contributed by atoms with E-state index in [1.54, 1.807) is 44.3 Å². The Morgan fingerprint density at radius 1 is 1.50 bits per heavy atom. The summed E-state index contributed by atoms with van der Waals surface area (Å²) in [5.74, 6) is 0.346. The number of nitrogens with one attached hydrogen (secondary N) is 1. The number of esters is 1. The standard InChI is InChI=1S/C13H14N4O2S/c1-3-19-12(18)11-6-4-10(5-7-11)8-14-17-9(2)15-16-13(17)20/h4-8H,3H2,1-2H3,(H,16,20)/b14-8-. The molecule has 20 heavy (non-hydrogen) atoms. The molecule has 0 atom stereocenters. The Hall–Kier alpha value is -2.28. The third-order valence-corrected chi connectivity index (χ3v) is 2.82. The molecule has 0 aliphatic heterocycles. The highest BCUT2D eigenvalue weighted by Crippen LogP contribution is 2.05. The first kappa shape index (κ1) is 14.1. The van der Waals surface area contributed by atoms with Gasteiger partial charge in [0.15, 0.2) is 0 Å². The molecule has 6 nitrogen and oxygen atoms in total. The van der Waals surface area contributed by atoms with Crippen LogP contribution in [0.15, 0.2) is 29.4 Å². The molecule has 1 aromatic carbocycles. The molecule has 7 heteroatoms. The van der Waals surface area contributed by atoms with Crippen LogP contribution in [0.4, 0.5) is 0 Å². The molecule has 0 radical (unpaired) electrons. The molecule has 0 amide bonds. The van der Waals surface area contributed by atoms with Crippen LogP contribution in [0, 0.1) is 11.7 Å². The number of aromatic nitrogens is 3. The first-order chi connectivity index (χ1) is 9.61. The van der Waals surface area contributed by atoms with Crippen LogP contribution >= 0.6 is 12.2 Å². The van der Waals surface area contributed by atoms with Crippen molar-refractivity contribution in [2.24, 2.45) is 5.10 Å². The third kappa shape index (κ3) is 3.18. The summed E-state index contributed by atoms with van der Waals surface area (Å²) in [7, 11) is 0. The zero-order valence-electron chi connectivity index (χ0n) is 11.2. The van der Waals surface area contributed by atoms with Crippen molar-refractivity contribution in [2.45, 2.75) is 13.8 Å². The summed E-state index contributed by atoms with van der Waals surface area (Å²) in [4.78, 5) is 11.5. The van der Waals surface area contributed by atoms with E-state index >= 15 is 0 Å². The second-order valence-corrected chi connectivity index (χ2v) is 4.36. The number of ether oxygens (including phenoxy) is 1. The first-order valence-corrected chi connectivity index (χ1v) is 6.48. The topological polar surface area (TPSA) is 72.3 Å². The molecule has 2 aromatic rings. The molecule has 0 unspecified atom stereocenters. The van der Waals surface area contributed by atoms with Crippen LogP contribution in [0.25, 0.3) is 0 Å². The summed E-state index contributed by atoms with van der Waals surface area (Å²) in [6, 6.07) is 6.96. The van der Waals surface area contributed by atoms with E-state index in [1.165, 1.54) is 4.68 Å². The Kier molecular flexibility index (Phi) is 4.41. The molecule has 1 heterocycles. The Bertz CT molecular complexity index is 685. The Morgan fingerprint density at radius 3 is 2.75 bits per heavy atom. The zero-order chi connectivity index (χ0) is 14.5. The molecule has 0 spiro atoms. The van der Waals surface area contributed by atoms with Gasteiger partial charge in [-0.1, -0.05) is 12.1 Å². The van der Waals surface area contributed by atoms with Crippen LogP contribution in [0.3, 0.4) is 0 Å². The maximum atomic E-state index is 11.5. The lowest BCUT2D eigenvalue weighted by Crippen LogP contribution is -2.04. The normalized spacial score (nSPS) is 10.9. The molecule has 2 rings (SSSR count). The highest BCUT2D eigenvalue weighted by molar-refractivity contribution is 7.71. The van der Waals surface area contributed by atoms with E-state index in [0.29, 0.717) is 22.8 Å². The number of H-pyrrole nitrogens is 1. The van der Waals surface area contributed by atoms with Crippen LogP contribution in [0.5, 0.6) is 0 Å². The van der Waals surface area contributed by atoms with Gasteiger partial charge in [0.05, 0.1) is 18.4 Å². The smallest absolute Gasteiger partial charge is 0.338 e. The fourth-order valence-corrected chi connectivity index (χ4v) is 1.78. The molecule has 0 saturated heterocycles. The number of aromatic amines is 1. The number of carbonyl (C=O) groups excluding carboxylic acids is 1. The molecule has 0 bridgehead atoms. The van der Waals surface area contributed by atoms with Crippen molar-refractivity contribution in [1.82, 2.24) is 14.9 Å². The van der Waals surface area contributed by atoms with E-state index < -0.39 is 0 Å². The lowest BCUT2D eigenvalue weighted by atomic mass is 10.1. The number of hydrogen-bond donors (Lipinski definition) is 1. The predicted octanol–water partition coefficient (Wildman–Crippen LogP) is 2.31. The third-order valence-electron chi connectivity index (χ3n) is 2.56. The Morgan fingerprint density at radius 2 is 2.20 bits per heavy atom. The summed E-state index contributed by atoms with van der Waals surface area (Å²) in [5.41, 5.74) is 1.36. The Balaban J connectivity index is 2.15. The minimum atomic E-state index is -0.330. The van der Waals surface area contributed by atoms with Gasteiger partial charge in [-0.05, 0) is 43.8 Å². The summed E-state index contributed by atoms with van der Waals surface area (Å²) in [5, 5.41) is 10.8. The highest BCUT2D eigenvalue weighted by Gasteiger charge is 2.05. The molecule has 0 aliphatic rings. The molecule has 0 aliphatic carbocycles. The van der Waals surface area contributed by atoms with Crippen LogP contribution in [0.2, 0.25) is 0 Å². The minimum absolute atomic E-state index is 0.330. The summed E-state index contributed by atoms with van der Waals surface area (Å²) in [6.07, 6.45) is 1.65. The van der Waals surface area contributed by atoms with Gasteiger partial charge in [0, 0.05) is 0 Å². The second-order valence-electron chi connectivity index (χ2n) is 3.97. The maximum Gasteiger partial charge on any atom is 0.338 e. The van der Waals surface area contributed by atoms with E-state index in [0.717, 1.165) is 5.56 Å². The Labute approximate surface area is 121 Å². The zero-order valence-corrected chi connectivity index (χ0v) is 12.0. The number of benzene rings is 1. The maximum absolute atomic E-state index is 11.5. The van der Waals surface area contributed by atoms with Crippen molar-refractivity contribution in [3.8, 4) is 0 Å². The largest absolute Gasteiger partial charge is 0.462 e. The second kappa shape index (κ2) is 6.25. The van der Waals surface area contributed by atoms with Gasteiger partial charge < -0.3 is 4.74 Å². The van der Waals surface area contributed by atoms with Crippen LogP contribution in [-0.4, -0.2) is 33.7 Å². The molecular formula is C13H14N4O2S. The predicted molar refractivity (Wildman–Crippen MR) is 77.5 cm³/mol. The van der Waals surface area contributed by atoms with Gasteiger partial charge in [0.2, 0.25) is 4.77 Å². The van der Waals surface area contributed by atoms with E-state index in [2.05, 4.69) is 15.3 Å². The summed E-state index contributed by atoms with van der Waals surface area (Å²) in [6.45, 7) is 3.93.